The van der Waals surface area contributed by atoms with Gasteiger partial charge >= 0.3 is 6.09 Å². The summed E-state index contributed by atoms with van der Waals surface area (Å²) in [7, 11) is 0. The van der Waals surface area contributed by atoms with Crippen molar-refractivity contribution in [1.82, 2.24) is 10.2 Å². The van der Waals surface area contributed by atoms with Crippen LogP contribution in [0, 0.1) is 5.92 Å². The fraction of sp³-hybridized carbons (Fsp3) is 0.941. The van der Waals surface area contributed by atoms with Crippen molar-refractivity contribution < 1.29 is 14.3 Å². The number of amides is 1. The van der Waals surface area contributed by atoms with Crippen LogP contribution in [-0.4, -0.2) is 55.0 Å². The Morgan fingerprint density at radius 2 is 2.14 bits per heavy atom. The average Bonchev–Trinajstić information content (AvgIpc) is 2.89. The number of carbonyl (C=O) groups excluding carboxylic acids is 1. The van der Waals surface area contributed by atoms with Crippen LogP contribution >= 0.6 is 0 Å². The maximum Gasteiger partial charge on any atom is 0.407 e. The molecule has 5 nitrogen and oxygen atoms in total. The van der Waals surface area contributed by atoms with Gasteiger partial charge in [-0.2, -0.15) is 0 Å². The standard InChI is InChI=1S/C17H32N2O3/c1-13(18-16(20)22-17(2,3)4)14-7-5-9-19(11-14)12-15-8-6-10-21-15/h13-15H,5-12H2,1-4H3,(H,18,20)/t13-,14-,15+/m0/s1. The second-order valence-corrected chi connectivity index (χ2v) is 7.73. The number of piperidine rings is 1. The number of nitrogens with one attached hydrogen (secondary N) is 1. The minimum absolute atomic E-state index is 0.141. The van der Waals surface area contributed by atoms with Gasteiger partial charge in [-0.25, -0.2) is 4.79 Å². The molecule has 3 atom stereocenters. The molecular weight excluding hydrogens is 280 g/mol. The van der Waals surface area contributed by atoms with Gasteiger partial charge in [0.2, 0.25) is 0 Å². The summed E-state index contributed by atoms with van der Waals surface area (Å²) in [6.07, 6.45) is 4.84. The van der Waals surface area contributed by atoms with Gasteiger partial charge < -0.3 is 19.7 Å². The third-order valence-electron chi connectivity index (χ3n) is 4.48. The average molecular weight is 312 g/mol. The highest BCUT2D eigenvalue weighted by molar-refractivity contribution is 5.68. The van der Waals surface area contributed by atoms with Crippen molar-refractivity contribution >= 4 is 6.09 Å². The normalized spacial score (nSPS) is 28.4. The highest BCUT2D eigenvalue weighted by atomic mass is 16.6. The Labute approximate surface area is 134 Å². The van der Waals surface area contributed by atoms with Gasteiger partial charge in [-0.05, 0) is 65.8 Å². The van der Waals surface area contributed by atoms with Gasteiger partial charge in [0.25, 0.3) is 0 Å². The van der Waals surface area contributed by atoms with E-state index in [0.29, 0.717) is 12.0 Å². The van der Waals surface area contributed by atoms with Crippen molar-refractivity contribution in [2.75, 3.05) is 26.2 Å². The molecule has 128 valence electrons. The molecule has 1 amide bonds. The number of hydrogen-bond acceptors (Lipinski definition) is 4. The minimum atomic E-state index is -0.442. The maximum absolute atomic E-state index is 11.9. The number of nitrogens with zero attached hydrogens (tertiary/aromatic N) is 1. The Kier molecular flexibility index (Phi) is 6.09. The number of hydrogen-bond donors (Lipinski definition) is 1. The molecule has 2 rings (SSSR count). The zero-order valence-electron chi connectivity index (χ0n) is 14.6. The molecule has 0 aromatic rings. The van der Waals surface area contributed by atoms with Crippen molar-refractivity contribution in [3.8, 4) is 0 Å². The van der Waals surface area contributed by atoms with E-state index in [9.17, 15) is 4.79 Å². The molecule has 2 aliphatic heterocycles. The van der Waals surface area contributed by atoms with E-state index in [1.807, 2.05) is 20.8 Å². The van der Waals surface area contributed by atoms with Crippen molar-refractivity contribution in [2.45, 2.75) is 71.1 Å². The number of carbonyl (C=O) groups is 1. The predicted molar refractivity (Wildman–Crippen MR) is 87.0 cm³/mol. The molecule has 0 unspecified atom stereocenters. The molecule has 0 aromatic carbocycles. The van der Waals surface area contributed by atoms with E-state index < -0.39 is 5.60 Å². The molecule has 5 heteroatoms. The molecule has 0 spiro atoms. The highest BCUT2D eigenvalue weighted by Crippen LogP contribution is 2.22. The second kappa shape index (κ2) is 7.64. The third-order valence-corrected chi connectivity index (χ3v) is 4.48. The van der Waals surface area contributed by atoms with Crippen LogP contribution in [0.5, 0.6) is 0 Å². The highest BCUT2D eigenvalue weighted by Gasteiger charge is 2.29. The summed E-state index contributed by atoms with van der Waals surface area (Å²) in [5, 5.41) is 3.00. The molecule has 1 N–H and O–H groups in total. The van der Waals surface area contributed by atoms with Crippen molar-refractivity contribution in [2.24, 2.45) is 5.92 Å². The molecule has 22 heavy (non-hydrogen) atoms. The van der Waals surface area contributed by atoms with Crippen LogP contribution in [-0.2, 0) is 9.47 Å². The maximum atomic E-state index is 11.9. The molecule has 0 bridgehead atoms. The summed E-state index contributed by atoms with van der Waals surface area (Å²) in [5.74, 6) is 0.489. The lowest BCUT2D eigenvalue weighted by molar-refractivity contribution is 0.0398. The van der Waals surface area contributed by atoms with E-state index in [4.69, 9.17) is 9.47 Å². The zero-order valence-corrected chi connectivity index (χ0v) is 14.6. The van der Waals surface area contributed by atoms with Crippen molar-refractivity contribution in [3.63, 3.8) is 0 Å². The number of rotatable bonds is 4. The quantitative estimate of drug-likeness (QED) is 0.867. The summed E-state index contributed by atoms with van der Waals surface area (Å²) in [6, 6.07) is 0.141. The molecule has 2 saturated heterocycles. The second-order valence-electron chi connectivity index (χ2n) is 7.73. The lowest BCUT2D eigenvalue weighted by Gasteiger charge is -2.37. The summed E-state index contributed by atoms with van der Waals surface area (Å²) in [4.78, 5) is 14.4. The van der Waals surface area contributed by atoms with E-state index in [2.05, 4.69) is 17.1 Å². The van der Waals surface area contributed by atoms with Crippen LogP contribution in [0.2, 0.25) is 0 Å². The summed E-state index contributed by atoms with van der Waals surface area (Å²) in [5.41, 5.74) is -0.442. The lowest BCUT2D eigenvalue weighted by atomic mass is 9.91. The van der Waals surface area contributed by atoms with Gasteiger partial charge in [-0.1, -0.05) is 0 Å². The van der Waals surface area contributed by atoms with Crippen LogP contribution in [0.3, 0.4) is 0 Å². The SMILES string of the molecule is C[C@H](NC(=O)OC(C)(C)C)[C@H]1CCCN(C[C@H]2CCCO2)C1. The van der Waals surface area contributed by atoms with Gasteiger partial charge in [-0.15, -0.1) is 0 Å². The molecule has 0 radical (unpaired) electrons. The largest absolute Gasteiger partial charge is 0.444 e. The number of ether oxygens (including phenoxy) is 2. The topological polar surface area (TPSA) is 50.8 Å². The molecule has 0 saturated carbocycles. The van der Waals surface area contributed by atoms with Gasteiger partial charge in [0.15, 0.2) is 0 Å². The van der Waals surface area contributed by atoms with Crippen LogP contribution < -0.4 is 5.32 Å². The first kappa shape index (κ1) is 17.5. The Balaban J connectivity index is 1.76. The van der Waals surface area contributed by atoms with Gasteiger partial charge in [0.05, 0.1) is 6.10 Å². The first-order chi connectivity index (χ1) is 10.3. The van der Waals surface area contributed by atoms with E-state index in [1.165, 1.54) is 25.7 Å². The van der Waals surface area contributed by atoms with Crippen LogP contribution in [0.15, 0.2) is 0 Å². The number of alkyl carbamates (subject to hydrolysis) is 1. The van der Waals surface area contributed by atoms with Gasteiger partial charge in [-0.3, -0.25) is 0 Å². The molecule has 2 aliphatic rings. The minimum Gasteiger partial charge on any atom is -0.444 e. The van der Waals surface area contributed by atoms with Crippen LogP contribution in [0.1, 0.15) is 53.4 Å². The fourth-order valence-electron chi connectivity index (χ4n) is 3.35. The predicted octanol–water partition coefficient (Wildman–Crippen LogP) is 2.79. The zero-order chi connectivity index (χ0) is 16.2. The first-order valence-corrected chi connectivity index (χ1v) is 8.67. The summed E-state index contributed by atoms with van der Waals surface area (Å²) < 4.78 is 11.1. The molecule has 2 heterocycles. The Bertz CT molecular complexity index is 361. The van der Waals surface area contributed by atoms with E-state index >= 15 is 0 Å². The Morgan fingerprint density at radius 3 is 2.77 bits per heavy atom. The van der Waals surface area contributed by atoms with E-state index in [0.717, 1.165) is 26.2 Å². The Morgan fingerprint density at radius 1 is 1.36 bits per heavy atom. The fourth-order valence-corrected chi connectivity index (χ4v) is 3.35. The molecule has 0 aliphatic carbocycles. The first-order valence-electron chi connectivity index (χ1n) is 8.67. The van der Waals surface area contributed by atoms with Crippen molar-refractivity contribution in [3.05, 3.63) is 0 Å². The third kappa shape index (κ3) is 5.76. The van der Waals surface area contributed by atoms with Gasteiger partial charge in [0, 0.05) is 25.7 Å². The van der Waals surface area contributed by atoms with E-state index in [-0.39, 0.29) is 12.1 Å². The molecular formula is C17H32N2O3. The van der Waals surface area contributed by atoms with Gasteiger partial charge in [0.1, 0.15) is 5.60 Å². The smallest absolute Gasteiger partial charge is 0.407 e. The van der Waals surface area contributed by atoms with Crippen LogP contribution in [0.25, 0.3) is 0 Å². The number of likely N-dealkylation sites (tertiary alicyclic amines) is 1. The van der Waals surface area contributed by atoms with Crippen LogP contribution in [0.4, 0.5) is 4.79 Å². The molecule has 0 aromatic heterocycles. The Hall–Kier alpha value is -0.810. The summed E-state index contributed by atoms with van der Waals surface area (Å²) in [6.45, 7) is 11.9. The van der Waals surface area contributed by atoms with Crippen molar-refractivity contribution in [1.29, 1.82) is 0 Å². The van der Waals surface area contributed by atoms with E-state index in [1.54, 1.807) is 0 Å². The molecule has 2 fully saturated rings. The summed E-state index contributed by atoms with van der Waals surface area (Å²) >= 11 is 0. The monoisotopic (exact) mass is 312 g/mol. The lowest BCUT2D eigenvalue weighted by Crippen LogP contribution is -2.48.